The number of nitrogens with one attached hydrogen (secondary N) is 2. The number of halogens is 1. The number of aromatic amines is 1. The first kappa shape index (κ1) is 13.7. The molecule has 0 saturated carbocycles. The number of amides is 1. The molecule has 2 N–H and O–H groups in total. The van der Waals surface area contributed by atoms with Gasteiger partial charge in [-0.1, -0.05) is 0 Å². The van der Waals surface area contributed by atoms with Gasteiger partial charge in [0.05, 0.1) is 11.6 Å². The number of hydrogen-bond donors (Lipinski definition) is 2. The van der Waals surface area contributed by atoms with Gasteiger partial charge in [-0.05, 0) is 43.5 Å². The fourth-order valence-electron chi connectivity index (χ4n) is 1.72. The van der Waals surface area contributed by atoms with E-state index < -0.39 is 22.8 Å². The number of H-pyrrole nitrogens is 1. The number of rotatable bonds is 2. The lowest BCUT2D eigenvalue weighted by Gasteiger charge is -2.17. The molecule has 0 bridgehead atoms. The lowest BCUT2D eigenvalue weighted by molar-refractivity contribution is 0.0928. The van der Waals surface area contributed by atoms with Crippen LogP contribution in [-0.4, -0.2) is 16.4 Å². The van der Waals surface area contributed by atoms with Crippen LogP contribution in [0.15, 0.2) is 29.1 Å². The van der Waals surface area contributed by atoms with E-state index in [2.05, 4.69) is 10.3 Å². The van der Waals surface area contributed by atoms with Crippen molar-refractivity contribution >= 4 is 16.8 Å². The predicted molar refractivity (Wildman–Crippen MR) is 71.7 cm³/mol. The molecule has 0 aliphatic heterocycles. The van der Waals surface area contributed by atoms with E-state index in [4.69, 9.17) is 5.26 Å². The number of hydrogen-bond acceptors (Lipinski definition) is 3. The van der Waals surface area contributed by atoms with Crippen LogP contribution in [0.4, 0.5) is 4.39 Å². The first-order chi connectivity index (χ1) is 9.32. The summed E-state index contributed by atoms with van der Waals surface area (Å²) in [5.74, 6) is -1.13. The summed E-state index contributed by atoms with van der Waals surface area (Å²) in [6.07, 6.45) is 0. The molecule has 1 aromatic carbocycles. The van der Waals surface area contributed by atoms with E-state index in [1.165, 1.54) is 38.1 Å². The van der Waals surface area contributed by atoms with Gasteiger partial charge in [0.1, 0.15) is 16.9 Å². The van der Waals surface area contributed by atoms with Crippen LogP contribution in [0.3, 0.4) is 0 Å². The van der Waals surface area contributed by atoms with E-state index in [1.54, 1.807) is 0 Å². The summed E-state index contributed by atoms with van der Waals surface area (Å²) >= 11 is 0. The van der Waals surface area contributed by atoms with Crippen molar-refractivity contribution in [3.63, 3.8) is 0 Å². The van der Waals surface area contributed by atoms with Crippen LogP contribution in [0.2, 0.25) is 0 Å². The molecule has 5 nitrogen and oxygen atoms in total. The maximum Gasteiger partial charge on any atom is 0.261 e. The van der Waals surface area contributed by atoms with Crippen LogP contribution in [0, 0.1) is 17.1 Å². The highest BCUT2D eigenvalue weighted by atomic mass is 19.1. The van der Waals surface area contributed by atoms with Crippen LogP contribution in [0.5, 0.6) is 0 Å². The lowest BCUT2D eigenvalue weighted by atomic mass is 10.1. The summed E-state index contributed by atoms with van der Waals surface area (Å²) in [5, 5.41) is 11.8. The Morgan fingerprint density at radius 3 is 2.75 bits per heavy atom. The summed E-state index contributed by atoms with van der Waals surface area (Å²) in [4.78, 5) is 26.3. The third kappa shape index (κ3) is 2.67. The maximum absolute atomic E-state index is 13.1. The first-order valence-electron chi connectivity index (χ1n) is 5.89. The van der Waals surface area contributed by atoms with Crippen molar-refractivity contribution in [3.05, 3.63) is 46.0 Å². The van der Waals surface area contributed by atoms with Gasteiger partial charge in [0.2, 0.25) is 0 Å². The molecule has 2 rings (SSSR count). The standard InChI is InChI=1S/C14H12FN3O2/c1-14(2,7-16)18-13(20)10-5-8-3-4-9(15)6-11(8)17-12(10)19/h3-6H,1-2H3,(H,17,19)(H,18,20). The molecule has 1 amide bonds. The molecule has 0 saturated heterocycles. The van der Waals surface area contributed by atoms with Gasteiger partial charge in [-0.3, -0.25) is 9.59 Å². The fraction of sp³-hybridized carbons (Fsp3) is 0.214. The molecule has 102 valence electrons. The average molecular weight is 273 g/mol. The van der Waals surface area contributed by atoms with Crippen LogP contribution in [0.1, 0.15) is 24.2 Å². The third-order valence-corrected chi connectivity index (χ3v) is 2.76. The van der Waals surface area contributed by atoms with E-state index in [1.807, 2.05) is 6.07 Å². The third-order valence-electron chi connectivity index (χ3n) is 2.76. The monoisotopic (exact) mass is 273 g/mol. The van der Waals surface area contributed by atoms with E-state index in [9.17, 15) is 14.0 Å². The predicted octanol–water partition coefficient (Wildman–Crippen LogP) is 1.70. The molecule has 20 heavy (non-hydrogen) atoms. The molecule has 0 atom stereocenters. The summed E-state index contributed by atoms with van der Waals surface area (Å²) < 4.78 is 13.1. The summed E-state index contributed by atoms with van der Waals surface area (Å²) in [5.41, 5.74) is -1.52. The van der Waals surface area contributed by atoms with Crippen molar-refractivity contribution in [1.29, 1.82) is 5.26 Å². The molecule has 6 heteroatoms. The van der Waals surface area contributed by atoms with Gasteiger partial charge in [-0.15, -0.1) is 0 Å². The number of pyridine rings is 1. The van der Waals surface area contributed by atoms with Gasteiger partial charge in [0, 0.05) is 0 Å². The molecular formula is C14H12FN3O2. The van der Waals surface area contributed by atoms with Crippen LogP contribution in [-0.2, 0) is 0 Å². The van der Waals surface area contributed by atoms with Crippen LogP contribution in [0.25, 0.3) is 10.9 Å². The minimum absolute atomic E-state index is 0.118. The van der Waals surface area contributed by atoms with Gasteiger partial charge >= 0.3 is 0 Å². The maximum atomic E-state index is 13.1. The Hall–Kier alpha value is -2.68. The van der Waals surface area contributed by atoms with Crippen molar-refractivity contribution in [2.75, 3.05) is 0 Å². The molecule has 1 aromatic heterocycles. The summed E-state index contributed by atoms with van der Waals surface area (Å²) in [7, 11) is 0. The largest absolute Gasteiger partial charge is 0.334 e. The van der Waals surface area contributed by atoms with Crippen molar-refractivity contribution in [2.24, 2.45) is 0 Å². The summed E-state index contributed by atoms with van der Waals surface area (Å²) in [6.45, 7) is 3.05. The number of nitriles is 1. The van der Waals surface area contributed by atoms with E-state index in [0.717, 1.165) is 0 Å². The Labute approximate surface area is 114 Å². The summed E-state index contributed by atoms with van der Waals surface area (Å²) in [6, 6.07) is 7.16. The molecule has 0 aliphatic carbocycles. The lowest BCUT2D eigenvalue weighted by Crippen LogP contribution is -2.43. The number of benzene rings is 1. The molecule has 0 aliphatic rings. The van der Waals surface area contributed by atoms with Gasteiger partial charge in [0.15, 0.2) is 0 Å². The Balaban J connectivity index is 2.48. The molecule has 0 fully saturated rings. The second-order valence-corrected chi connectivity index (χ2v) is 4.93. The smallest absolute Gasteiger partial charge is 0.261 e. The zero-order valence-electron chi connectivity index (χ0n) is 11.0. The molecule has 0 radical (unpaired) electrons. The van der Waals surface area contributed by atoms with Gasteiger partial charge in [0.25, 0.3) is 11.5 Å². The first-order valence-corrected chi connectivity index (χ1v) is 5.89. The second kappa shape index (κ2) is 4.78. The van der Waals surface area contributed by atoms with E-state index >= 15 is 0 Å². The van der Waals surface area contributed by atoms with E-state index in [0.29, 0.717) is 10.9 Å². The van der Waals surface area contributed by atoms with Gasteiger partial charge < -0.3 is 10.3 Å². The Morgan fingerprint density at radius 1 is 1.40 bits per heavy atom. The number of aromatic nitrogens is 1. The zero-order chi connectivity index (χ0) is 14.9. The second-order valence-electron chi connectivity index (χ2n) is 4.93. The van der Waals surface area contributed by atoms with Crippen molar-refractivity contribution in [1.82, 2.24) is 10.3 Å². The van der Waals surface area contributed by atoms with Gasteiger partial charge in [-0.2, -0.15) is 5.26 Å². The molecule has 0 spiro atoms. The quantitative estimate of drug-likeness (QED) is 0.873. The van der Waals surface area contributed by atoms with Crippen LogP contribution >= 0.6 is 0 Å². The molecule has 2 aromatic rings. The normalized spacial score (nSPS) is 11.1. The SMILES string of the molecule is CC(C)(C#N)NC(=O)c1cc2ccc(F)cc2[nH]c1=O. The molecule has 0 unspecified atom stereocenters. The van der Waals surface area contributed by atoms with Crippen molar-refractivity contribution in [3.8, 4) is 6.07 Å². The Morgan fingerprint density at radius 2 is 2.10 bits per heavy atom. The Kier molecular flexibility index (Phi) is 3.28. The highest BCUT2D eigenvalue weighted by Crippen LogP contribution is 2.13. The average Bonchev–Trinajstić information content (AvgIpc) is 2.37. The van der Waals surface area contributed by atoms with Crippen molar-refractivity contribution in [2.45, 2.75) is 19.4 Å². The zero-order valence-corrected chi connectivity index (χ0v) is 11.0. The van der Waals surface area contributed by atoms with Crippen molar-refractivity contribution < 1.29 is 9.18 Å². The van der Waals surface area contributed by atoms with E-state index in [-0.39, 0.29) is 5.56 Å². The number of carbonyl (C=O) groups is 1. The number of nitrogens with zero attached hydrogens (tertiary/aromatic N) is 1. The number of carbonyl (C=O) groups excluding carboxylic acids is 1. The topological polar surface area (TPSA) is 85.8 Å². The fourth-order valence-corrected chi connectivity index (χ4v) is 1.72. The number of fused-ring (bicyclic) bond motifs is 1. The molecular weight excluding hydrogens is 261 g/mol. The van der Waals surface area contributed by atoms with Crippen LogP contribution < -0.4 is 10.9 Å². The van der Waals surface area contributed by atoms with Gasteiger partial charge in [-0.25, -0.2) is 4.39 Å². The Bertz CT molecular complexity index is 787. The highest BCUT2D eigenvalue weighted by molar-refractivity contribution is 5.97. The minimum Gasteiger partial charge on any atom is -0.334 e. The molecule has 1 heterocycles. The highest BCUT2D eigenvalue weighted by Gasteiger charge is 2.22. The minimum atomic E-state index is -1.08.